The molecular formula is C20H22FNO2. The molecule has 1 aliphatic carbocycles. The van der Waals surface area contributed by atoms with E-state index in [1.54, 1.807) is 30.3 Å². The van der Waals surface area contributed by atoms with Gasteiger partial charge in [-0.3, -0.25) is 4.79 Å². The zero-order valence-corrected chi connectivity index (χ0v) is 13.7. The van der Waals surface area contributed by atoms with Crippen LogP contribution in [0.15, 0.2) is 40.8 Å². The molecule has 2 aromatic rings. The number of carbonyl (C=O) groups excluding carboxylic acids is 1. The maximum absolute atomic E-state index is 13.9. The number of furan rings is 1. The smallest absolute Gasteiger partial charge is 0.289 e. The third-order valence-electron chi connectivity index (χ3n) is 5.53. The van der Waals surface area contributed by atoms with Gasteiger partial charge in [-0.1, -0.05) is 31.4 Å². The average molecular weight is 327 g/mol. The van der Waals surface area contributed by atoms with Crippen molar-refractivity contribution in [1.29, 1.82) is 0 Å². The number of likely N-dealkylation sites (tertiary alicyclic amines) is 1. The molecule has 2 fully saturated rings. The first-order valence-corrected chi connectivity index (χ1v) is 8.86. The summed E-state index contributed by atoms with van der Waals surface area (Å²) in [5.74, 6) is 1.73. The maximum Gasteiger partial charge on any atom is 0.289 e. The van der Waals surface area contributed by atoms with E-state index in [1.807, 2.05) is 4.90 Å². The highest BCUT2D eigenvalue weighted by Crippen LogP contribution is 2.36. The lowest BCUT2D eigenvalue weighted by Gasteiger charge is -2.41. The Morgan fingerprint density at radius 3 is 2.67 bits per heavy atom. The summed E-state index contributed by atoms with van der Waals surface area (Å²) in [6.07, 6.45) is 6.25. The van der Waals surface area contributed by atoms with Crippen LogP contribution in [-0.2, 0) is 0 Å². The van der Waals surface area contributed by atoms with E-state index in [2.05, 4.69) is 0 Å². The minimum Gasteiger partial charge on any atom is -0.451 e. The lowest BCUT2D eigenvalue weighted by atomic mass is 9.75. The van der Waals surface area contributed by atoms with Crippen LogP contribution in [0.2, 0.25) is 0 Å². The molecule has 126 valence electrons. The molecule has 3 nitrogen and oxygen atoms in total. The van der Waals surface area contributed by atoms with Crippen molar-refractivity contribution >= 4 is 5.91 Å². The molecule has 0 spiro atoms. The van der Waals surface area contributed by atoms with Crippen molar-refractivity contribution in [2.45, 2.75) is 32.1 Å². The molecule has 0 N–H and O–H groups in total. The lowest BCUT2D eigenvalue weighted by Crippen LogP contribution is -2.44. The summed E-state index contributed by atoms with van der Waals surface area (Å²) in [5.41, 5.74) is 0.391. The van der Waals surface area contributed by atoms with Crippen LogP contribution in [0.3, 0.4) is 0 Å². The summed E-state index contributed by atoms with van der Waals surface area (Å²) in [6, 6.07) is 9.80. The van der Waals surface area contributed by atoms with Crippen molar-refractivity contribution in [3.63, 3.8) is 0 Å². The number of hydrogen-bond acceptors (Lipinski definition) is 2. The van der Waals surface area contributed by atoms with Crippen LogP contribution in [0.25, 0.3) is 11.3 Å². The van der Waals surface area contributed by atoms with E-state index >= 15 is 0 Å². The molecule has 2 atom stereocenters. The number of carbonyl (C=O) groups is 1. The highest BCUT2D eigenvalue weighted by Gasteiger charge is 2.34. The topological polar surface area (TPSA) is 33.5 Å². The molecular weight excluding hydrogens is 305 g/mol. The second-order valence-electron chi connectivity index (χ2n) is 6.99. The summed E-state index contributed by atoms with van der Waals surface area (Å²) in [6.45, 7) is 1.63. The van der Waals surface area contributed by atoms with Crippen molar-refractivity contribution < 1.29 is 13.6 Å². The third kappa shape index (κ3) is 2.85. The number of nitrogens with zero attached hydrogens (tertiary/aromatic N) is 1. The molecule has 1 aromatic carbocycles. The molecule has 1 saturated carbocycles. The first-order valence-electron chi connectivity index (χ1n) is 8.86. The van der Waals surface area contributed by atoms with Gasteiger partial charge in [0.25, 0.3) is 5.91 Å². The van der Waals surface area contributed by atoms with Gasteiger partial charge in [-0.15, -0.1) is 0 Å². The van der Waals surface area contributed by atoms with E-state index in [-0.39, 0.29) is 11.7 Å². The van der Waals surface area contributed by atoms with Gasteiger partial charge < -0.3 is 9.32 Å². The molecule has 0 radical (unpaired) electrons. The first-order chi connectivity index (χ1) is 11.7. The van der Waals surface area contributed by atoms with Crippen LogP contribution in [0.4, 0.5) is 4.39 Å². The van der Waals surface area contributed by atoms with Gasteiger partial charge in [0.1, 0.15) is 11.6 Å². The van der Waals surface area contributed by atoms with Crippen molar-refractivity contribution in [2.24, 2.45) is 11.8 Å². The van der Waals surface area contributed by atoms with Gasteiger partial charge in [-0.2, -0.15) is 0 Å². The number of piperidine rings is 1. The molecule has 4 rings (SSSR count). The van der Waals surface area contributed by atoms with Gasteiger partial charge in [-0.05, 0) is 48.9 Å². The van der Waals surface area contributed by atoms with Gasteiger partial charge in [0.15, 0.2) is 5.76 Å². The fourth-order valence-electron chi connectivity index (χ4n) is 4.20. The highest BCUT2D eigenvalue weighted by molar-refractivity contribution is 5.92. The largest absolute Gasteiger partial charge is 0.451 e. The normalized spacial score (nSPS) is 23.8. The lowest BCUT2D eigenvalue weighted by molar-refractivity contribution is 0.0493. The summed E-state index contributed by atoms with van der Waals surface area (Å²) in [5, 5.41) is 0. The number of halogens is 1. The van der Waals surface area contributed by atoms with Gasteiger partial charge in [0.05, 0.1) is 5.56 Å². The van der Waals surface area contributed by atoms with Crippen molar-refractivity contribution in [1.82, 2.24) is 4.90 Å². The monoisotopic (exact) mass is 327 g/mol. The van der Waals surface area contributed by atoms with E-state index in [4.69, 9.17) is 4.42 Å². The van der Waals surface area contributed by atoms with E-state index in [0.717, 1.165) is 25.4 Å². The Bertz CT molecular complexity index is 739. The van der Waals surface area contributed by atoms with E-state index in [1.165, 1.54) is 31.7 Å². The Labute approximate surface area is 141 Å². The highest BCUT2D eigenvalue weighted by atomic mass is 19.1. The number of rotatable bonds is 2. The van der Waals surface area contributed by atoms with Gasteiger partial charge >= 0.3 is 0 Å². The van der Waals surface area contributed by atoms with E-state index in [0.29, 0.717) is 23.0 Å². The Morgan fingerprint density at radius 2 is 1.83 bits per heavy atom. The second kappa shape index (κ2) is 6.42. The molecule has 2 aliphatic rings. The Morgan fingerprint density at radius 1 is 1.04 bits per heavy atom. The van der Waals surface area contributed by atoms with Crippen molar-refractivity contribution in [3.8, 4) is 11.3 Å². The molecule has 1 aromatic heterocycles. The van der Waals surface area contributed by atoms with Gasteiger partial charge in [0.2, 0.25) is 0 Å². The quantitative estimate of drug-likeness (QED) is 0.798. The van der Waals surface area contributed by atoms with Crippen LogP contribution in [0.1, 0.15) is 42.7 Å². The van der Waals surface area contributed by atoms with Crippen LogP contribution in [0.5, 0.6) is 0 Å². The molecule has 0 unspecified atom stereocenters. The minimum absolute atomic E-state index is 0.0680. The predicted octanol–water partition coefficient (Wildman–Crippen LogP) is 4.74. The summed E-state index contributed by atoms with van der Waals surface area (Å²) < 4.78 is 19.5. The molecule has 1 amide bonds. The fourth-order valence-corrected chi connectivity index (χ4v) is 4.20. The van der Waals surface area contributed by atoms with Gasteiger partial charge in [0, 0.05) is 13.1 Å². The standard InChI is InChI=1S/C20H22FNO2/c21-17-8-4-3-7-16(17)18-9-10-19(24-18)20(23)22-12-11-14-5-1-2-6-15(14)13-22/h3-4,7-10,14-15H,1-2,5-6,11-13H2/t14-,15-/m0/s1. The number of benzene rings is 1. The zero-order valence-electron chi connectivity index (χ0n) is 13.7. The van der Waals surface area contributed by atoms with E-state index < -0.39 is 0 Å². The van der Waals surface area contributed by atoms with Crippen LogP contribution in [0, 0.1) is 17.7 Å². The SMILES string of the molecule is O=C(c1ccc(-c2ccccc2F)o1)N1CC[C@@H]2CCCC[C@H]2C1. The Hall–Kier alpha value is -2.10. The number of hydrogen-bond donors (Lipinski definition) is 0. The van der Waals surface area contributed by atoms with Crippen molar-refractivity contribution in [2.75, 3.05) is 13.1 Å². The molecule has 1 aliphatic heterocycles. The molecule has 2 heterocycles. The molecule has 1 saturated heterocycles. The first kappa shape index (κ1) is 15.4. The number of amides is 1. The Kier molecular flexibility index (Phi) is 4.13. The summed E-state index contributed by atoms with van der Waals surface area (Å²) in [4.78, 5) is 14.7. The molecule has 24 heavy (non-hydrogen) atoms. The van der Waals surface area contributed by atoms with Crippen molar-refractivity contribution in [3.05, 3.63) is 48.0 Å². The fraction of sp³-hybridized carbons (Fsp3) is 0.450. The zero-order chi connectivity index (χ0) is 16.5. The molecule has 4 heteroatoms. The van der Waals surface area contributed by atoms with Crippen LogP contribution in [-0.4, -0.2) is 23.9 Å². The maximum atomic E-state index is 13.9. The second-order valence-corrected chi connectivity index (χ2v) is 6.99. The summed E-state index contributed by atoms with van der Waals surface area (Å²) in [7, 11) is 0. The van der Waals surface area contributed by atoms with Crippen LogP contribution < -0.4 is 0 Å². The van der Waals surface area contributed by atoms with Gasteiger partial charge in [-0.25, -0.2) is 4.39 Å². The molecule has 0 bridgehead atoms. The average Bonchev–Trinajstić information content (AvgIpc) is 3.11. The van der Waals surface area contributed by atoms with E-state index in [9.17, 15) is 9.18 Å². The number of fused-ring (bicyclic) bond motifs is 1. The minimum atomic E-state index is -0.339. The third-order valence-corrected chi connectivity index (χ3v) is 5.53. The predicted molar refractivity (Wildman–Crippen MR) is 90.1 cm³/mol. The summed E-state index contributed by atoms with van der Waals surface area (Å²) >= 11 is 0. The van der Waals surface area contributed by atoms with Crippen LogP contribution >= 0.6 is 0 Å². The Balaban J connectivity index is 1.50.